The van der Waals surface area contributed by atoms with E-state index in [9.17, 15) is 44.1 Å². The average molecular weight is 378 g/mol. The Hall–Kier alpha value is -3.84. The summed E-state index contributed by atoms with van der Waals surface area (Å²) in [6.07, 6.45) is 0. The molecule has 0 bridgehead atoms. The summed E-state index contributed by atoms with van der Waals surface area (Å²) >= 11 is 0. The number of hydrogen-bond donors (Lipinski definition) is 7. The predicted octanol–water partition coefficient (Wildman–Crippen LogP) is -3.50. The first-order chi connectivity index (χ1) is 12.5. The minimum absolute atomic E-state index is 0.580. The van der Waals surface area contributed by atoms with Crippen LogP contribution in [0.1, 0.15) is 11.1 Å². The van der Waals surface area contributed by atoms with Gasteiger partial charge in [-0.2, -0.15) is 0 Å². The lowest BCUT2D eigenvalue weighted by Gasteiger charge is -2.32. The van der Waals surface area contributed by atoms with E-state index in [2.05, 4.69) is 0 Å². The highest BCUT2D eigenvalue weighted by Crippen LogP contribution is 2.35. The summed E-state index contributed by atoms with van der Waals surface area (Å²) in [5.74, 6) is -6.72. The molecular weight excluding hydrogens is 368 g/mol. The van der Waals surface area contributed by atoms with Gasteiger partial charge in [-0.1, -0.05) is 6.07 Å². The highest BCUT2D eigenvalue weighted by Gasteiger charge is 2.55. The summed E-state index contributed by atoms with van der Waals surface area (Å²) in [5.41, 5.74) is -7.48. The third-order valence-electron chi connectivity index (χ3n) is 4.03. The van der Waals surface area contributed by atoms with Crippen LogP contribution < -0.4 is 21.3 Å². The van der Waals surface area contributed by atoms with E-state index >= 15 is 0 Å². The van der Waals surface area contributed by atoms with Crippen LogP contribution in [-0.4, -0.2) is 51.0 Å². The van der Waals surface area contributed by atoms with E-state index in [1.54, 1.807) is 21.3 Å². The van der Waals surface area contributed by atoms with Crippen molar-refractivity contribution in [3.05, 3.63) is 29.3 Å². The number of imide groups is 4. The molecule has 3 rings (SSSR count). The standard InChI is InChI=1S/C14H10N4O9/c19-6-2-1-4(13(26)7(20)15-11(24)16-8(13)21)3-5(6)14(27)9(22)17-12(25)18-10(14)23/h1-3,19,26-27H,(H2,15,16,20,21,24)(H2,17,18,22,23,25). The number of hydrogen-bond acceptors (Lipinski definition) is 9. The summed E-state index contributed by atoms with van der Waals surface area (Å²) < 4.78 is 0. The van der Waals surface area contributed by atoms with Crippen molar-refractivity contribution in [1.82, 2.24) is 21.3 Å². The van der Waals surface area contributed by atoms with Crippen LogP contribution in [-0.2, 0) is 30.4 Å². The number of rotatable bonds is 2. The first-order valence-electron chi connectivity index (χ1n) is 7.13. The molecule has 13 heteroatoms. The molecule has 0 unspecified atom stereocenters. The Morgan fingerprint density at radius 2 is 1.07 bits per heavy atom. The number of amides is 8. The van der Waals surface area contributed by atoms with Crippen molar-refractivity contribution in [3.8, 4) is 5.75 Å². The van der Waals surface area contributed by atoms with Gasteiger partial charge in [0.05, 0.1) is 0 Å². The third-order valence-corrected chi connectivity index (χ3v) is 4.03. The van der Waals surface area contributed by atoms with Crippen LogP contribution in [0.2, 0.25) is 0 Å². The molecular formula is C14H10N4O9. The largest absolute Gasteiger partial charge is 0.508 e. The second-order valence-electron chi connectivity index (χ2n) is 5.63. The Bertz CT molecular complexity index is 914. The van der Waals surface area contributed by atoms with E-state index < -0.39 is 63.8 Å². The Balaban J connectivity index is 2.16. The average Bonchev–Trinajstić information content (AvgIpc) is 2.57. The molecule has 0 atom stereocenters. The zero-order chi connectivity index (χ0) is 20.1. The van der Waals surface area contributed by atoms with Crippen LogP contribution in [0.3, 0.4) is 0 Å². The number of aromatic hydroxyl groups is 1. The monoisotopic (exact) mass is 378 g/mol. The van der Waals surface area contributed by atoms with Crippen LogP contribution >= 0.6 is 0 Å². The van der Waals surface area contributed by atoms with Gasteiger partial charge in [0.15, 0.2) is 0 Å². The fourth-order valence-electron chi connectivity index (χ4n) is 2.60. The molecule has 0 radical (unpaired) electrons. The molecule has 2 aliphatic heterocycles. The van der Waals surface area contributed by atoms with Gasteiger partial charge in [0, 0.05) is 11.1 Å². The zero-order valence-corrected chi connectivity index (χ0v) is 13.0. The maximum Gasteiger partial charge on any atom is 0.328 e. The van der Waals surface area contributed by atoms with E-state index in [1.165, 1.54) is 0 Å². The van der Waals surface area contributed by atoms with Gasteiger partial charge < -0.3 is 15.3 Å². The topological polar surface area (TPSA) is 211 Å². The van der Waals surface area contributed by atoms with Gasteiger partial charge >= 0.3 is 12.1 Å². The molecule has 0 aromatic heterocycles. The highest BCUT2D eigenvalue weighted by atomic mass is 16.3. The van der Waals surface area contributed by atoms with Crippen molar-refractivity contribution in [2.45, 2.75) is 11.2 Å². The first-order valence-corrected chi connectivity index (χ1v) is 7.13. The van der Waals surface area contributed by atoms with Crippen molar-refractivity contribution >= 4 is 35.7 Å². The molecule has 13 nitrogen and oxygen atoms in total. The third kappa shape index (κ3) is 2.41. The molecule has 27 heavy (non-hydrogen) atoms. The minimum atomic E-state index is -3.11. The maximum absolute atomic E-state index is 12.0. The van der Waals surface area contributed by atoms with E-state index in [4.69, 9.17) is 0 Å². The van der Waals surface area contributed by atoms with Crippen molar-refractivity contribution in [2.24, 2.45) is 0 Å². The number of nitrogens with one attached hydrogen (secondary N) is 4. The zero-order valence-electron chi connectivity index (χ0n) is 13.0. The van der Waals surface area contributed by atoms with Crippen LogP contribution in [0.25, 0.3) is 0 Å². The number of barbiturate groups is 2. The Morgan fingerprint density at radius 1 is 0.667 bits per heavy atom. The minimum Gasteiger partial charge on any atom is -0.508 e. The van der Waals surface area contributed by atoms with Crippen molar-refractivity contribution in [1.29, 1.82) is 0 Å². The molecule has 7 N–H and O–H groups in total. The van der Waals surface area contributed by atoms with Gasteiger partial charge in [-0.25, -0.2) is 9.59 Å². The van der Waals surface area contributed by atoms with Crippen LogP contribution in [0, 0.1) is 0 Å². The molecule has 0 aliphatic carbocycles. The Morgan fingerprint density at radius 3 is 1.52 bits per heavy atom. The molecule has 140 valence electrons. The molecule has 2 saturated heterocycles. The number of phenolic OH excluding ortho intramolecular Hbond substituents is 1. The SMILES string of the molecule is O=C1NC(=O)C(O)(c2ccc(O)c(C3(O)C(=O)NC(=O)NC3=O)c2)C(=O)N1. The van der Waals surface area contributed by atoms with Gasteiger partial charge in [-0.05, 0) is 12.1 Å². The number of carbonyl (C=O) groups excluding carboxylic acids is 6. The van der Waals surface area contributed by atoms with Crippen molar-refractivity contribution < 1.29 is 44.1 Å². The molecule has 0 spiro atoms. The van der Waals surface area contributed by atoms with Gasteiger partial charge in [0.25, 0.3) is 29.2 Å². The summed E-state index contributed by atoms with van der Waals surface area (Å²) in [6.45, 7) is 0. The Labute approximate surface area is 148 Å². The molecule has 1 aromatic rings. The summed E-state index contributed by atoms with van der Waals surface area (Å²) in [6, 6.07) is -0.0836. The number of urea groups is 2. The second kappa shape index (κ2) is 5.58. The lowest BCUT2D eigenvalue weighted by molar-refractivity contribution is -0.156. The van der Waals surface area contributed by atoms with Gasteiger partial charge in [-0.15, -0.1) is 0 Å². The number of benzene rings is 1. The number of carbonyl (C=O) groups is 6. The lowest BCUT2D eigenvalue weighted by Crippen LogP contribution is -2.65. The predicted molar refractivity (Wildman–Crippen MR) is 79.3 cm³/mol. The molecule has 8 amide bonds. The van der Waals surface area contributed by atoms with E-state index in [0.717, 1.165) is 12.1 Å². The van der Waals surface area contributed by atoms with Gasteiger partial charge in [0.1, 0.15) is 5.75 Å². The van der Waals surface area contributed by atoms with Crippen molar-refractivity contribution in [3.63, 3.8) is 0 Å². The second-order valence-corrected chi connectivity index (χ2v) is 5.63. The molecule has 2 aliphatic rings. The fraction of sp³-hybridized carbons (Fsp3) is 0.143. The molecule has 0 saturated carbocycles. The summed E-state index contributed by atoms with van der Waals surface area (Å²) in [4.78, 5) is 70.3. The molecule has 1 aromatic carbocycles. The first kappa shape index (κ1) is 18.0. The number of aliphatic hydroxyl groups is 2. The van der Waals surface area contributed by atoms with E-state index in [1.807, 2.05) is 0 Å². The smallest absolute Gasteiger partial charge is 0.328 e. The summed E-state index contributed by atoms with van der Waals surface area (Å²) in [7, 11) is 0. The van der Waals surface area contributed by atoms with E-state index in [0.29, 0.717) is 6.07 Å². The van der Waals surface area contributed by atoms with Crippen LogP contribution in [0.4, 0.5) is 9.59 Å². The van der Waals surface area contributed by atoms with Crippen LogP contribution in [0.15, 0.2) is 18.2 Å². The molecule has 2 fully saturated rings. The van der Waals surface area contributed by atoms with Crippen LogP contribution in [0.5, 0.6) is 5.75 Å². The maximum atomic E-state index is 12.0. The van der Waals surface area contributed by atoms with E-state index in [-0.39, 0.29) is 0 Å². The van der Waals surface area contributed by atoms with Crippen molar-refractivity contribution in [2.75, 3.05) is 0 Å². The fourth-order valence-corrected chi connectivity index (χ4v) is 2.60. The summed E-state index contributed by atoms with van der Waals surface area (Å²) in [5, 5.41) is 37.5. The quantitative estimate of drug-likeness (QED) is 0.254. The molecule has 2 heterocycles. The Kier molecular flexibility index (Phi) is 3.71. The van der Waals surface area contributed by atoms with Gasteiger partial charge in [0.2, 0.25) is 5.60 Å². The highest BCUT2D eigenvalue weighted by molar-refractivity contribution is 6.23. The normalized spacial score (nSPS) is 21.1. The lowest BCUT2D eigenvalue weighted by atomic mass is 9.83. The van der Waals surface area contributed by atoms with Gasteiger partial charge in [-0.3, -0.25) is 40.4 Å². The number of phenols is 1.